The van der Waals surface area contributed by atoms with Crippen molar-refractivity contribution in [3.05, 3.63) is 18.1 Å². The van der Waals surface area contributed by atoms with Crippen molar-refractivity contribution in [2.24, 2.45) is 5.92 Å². The smallest absolute Gasteiger partial charge is 0.232 e. The van der Waals surface area contributed by atoms with E-state index < -0.39 is 0 Å². The summed E-state index contributed by atoms with van der Waals surface area (Å²) in [6, 6.07) is 0.774. The topological polar surface area (TPSA) is 50.3 Å². The average Bonchev–Trinajstić information content (AvgIpc) is 3.23. The fraction of sp³-hybridized carbons (Fsp3) is 0.733. The molecule has 0 atom stereocenters. The van der Waals surface area contributed by atoms with E-state index in [4.69, 9.17) is 4.74 Å². The number of rotatable bonds is 9. The van der Waals surface area contributed by atoms with Gasteiger partial charge in [-0.3, -0.25) is 4.98 Å². The van der Waals surface area contributed by atoms with Gasteiger partial charge in [0.2, 0.25) is 5.88 Å². The summed E-state index contributed by atoms with van der Waals surface area (Å²) in [5, 5.41) is 3.36. The predicted molar refractivity (Wildman–Crippen MR) is 79.7 cm³/mol. The minimum Gasteiger partial charge on any atom is -0.475 e. The van der Waals surface area contributed by atoms with E-state index in [-0.39, 0.29) is 0 Å². The Hall–Kier alpha value is -1.20. The van der Waals surface area contributed by atoms with Gasteiger partial charge < -0.3 is 15.0 Å². The minimum atomic E-state index is 0.623. The molecule has 1 heterocycles. The summed E-state index contributed by atoms with van der Waals surface area (Å²) in [5.41, 5.74) is 0.929. The van der Waals surface area contributed by atoms with E-state index in [9.17, 15) is 0 Å². The first kappa shape index (κ1) is 15.2. The Labute approximate surface area is 121 Å². The Morgan fingerprint density at radius 2 is 2.20 bits per heavy atom. The number of nitrogens with one attached hydrogen (secondary N) is 1. The highest BCUT2D eigenvalue weighted by atomic mass is 16.5. The first-order chi connectivity index (χ1) is 9.65. The molecule has 1 aromatic heterocycles. The Morgan fingerprint density at radius 3 is 2.90 bits per heavy atom. The van der Waals surface area contributed by atoms with Crippen LogP contribution in [0.4, 0.5) is 0 Å². The van der Waals surface area contributed by atoms with Crippen LogP contribution in [-0.2, 0) is 6.54 Å². The van der Waals surface area contributed by atoms with Gasteiger partial charge in [0, 0.05) is 25.3 Å². The first-order valence-electron chi connectivity index (χ1n) is 7.50. The summed E-state index contributed by atoms with van der Waals surface area (Å²) in [5.74, 6) is 1.26. The molecule has 0 radical (unpaired) electrons. The minimum absolute atomic E-state index is 0.623. The summed E-state index contributed by atoms with van der Waals surface area (Å²) < 4.78 is 5.68. The first-order valence-corrected chi connectivity index (χ1v) is 7.50. The van der Waals surface area contributed by atoms with Crippen LogP contribution in [0.1, 0.15) is 32.4 Å². The van der Waals surface area contributed by atoms with Crippen molar-refractivity contribution in [2.45, 2.75) is 39.3 Å². The van der Waals surface area contributed by atoms with Crippen LogP contribution in [0.2, 0.25) is 0 Å². The summed E-state index contributed by atoms with van der Waals surface area (Å²) >= 11 is 0. The van der Waals surface area contributed by atoms with Crippen molar-refractivity contribution >= 4 is 0 Å². The maximum Gasteiger partial charge on any atom is 0.232 e. The van der Waals surface area contributed by atoms with Crippen LogP contribution in [0.3, 0.4) is 0 Å². The maximum absolute atomic E-state index is 5.68. The highest BCUT2D eigenvalue weighted by Crippen LogP contribution is 2.24. The van der Waals surface area contributed by atoms with Gasteiger partial charge in [0.15, 0.2) is 0 Å². The van der Waals surface area contributed by atoms with Gasteiger partial charge in [-0.25, -0.2) is 4.98 Å². The zero-order valence-corrected chi connectivity index (χ0v) is 12.8. The van der Waals surface area contributed by atoms with Crippen LogP contribution in [0.5, 0.6) is 5.88 Å². The van der Waals surface area contributed by atoms with Gasteiger partial charge >= 0.3 is 0 Å². The lowest BCUT2D eigenvalue weighted by Crippen LogP contribution is -2.26. The van der Waals surface area contributed by atoms with E-state index in [2.05, 4.69) is 41.1 Å². The van der Waals surface area contributed by atoms with Crippen LogP contribution in [-0.4, -0.2) is 47.7 Å². The van der Waals surface area contributed by atoms with Gasteiger partial charge in [-0.2, -0.15) is 0 Å². The Morgan fingerprint density at radius 1 is 1.40 bits per heavy atom. The molecule has 1 fully saturated rings. The third-order valence-corrected chi connectivity index (χ3v) is 3.39. The zero-order valence-electron chi connectivity index (χ0n) is 12.8. The van der Waals surface area contributed by atoms with Crippen molar-refractivity contribution in [1.82, 2.24) is 20.2 Å². The lowest BCUT2D eigenvalue weighted by Gasteiger charge is -2.15. The molecule has 0 aliphatic heterocycles. The average molecular weight is 278 g/mol. The van der Waals surface area contributed by atoms with Crippen molar-refractivity contribution in [1.29, 1.82) is 0 Å². The number of likely N-dealkylation sites (N-methyl/N-ethyl adjacent to an activating group) is 1. The van der Waals surface area contributed by atoms with Crippen molar-refractivity contribution in [3.8, 4) is 5.88 Å². The highest BCUT2D eigenvalue weighted by Gasteiger charge is 2.25. The molecule has 112 valence electrons. The molecule has 1 saturated carbocycles. The number of hydrogen-bond acceptors (Lipinski definition) is 5. The normalized spacial score (nSPS) is 15.1. The molecule has 1 aliphatic rings. The van der Waals surface area contributed by atoms with Crippen LogP contribution in [0.15, 0.2) is 12.4 Å². The van der Waals surface area contributed by atoms with Crippen LogP contribution < -0.4 is 10.1 Å². The lowest BCUT2D eigenvalue weighted by molar-refractivity contribution is 0.225. The molecule has 0 saturated heterocycles. The number of hydrogen-bond donors (Lipinski definition) is 1. The van der Waals surface area contributed by atoms with Gasteiger partial charge in [-0.15, -0.1) is 0 Å². The SMILES string of the molecule is CC(C)CNCc1cncc(OCCN(C)C2CC2)n1. The molecule has 1 N–H and O–H groups in total. The van der Waals surface area contributed by atoms with Gasteiger partial charge in [0.05, 0.1) is 11.9 Å². The Kier molecular flexibility index (Phi) is 5.73. The second kappa shape index (κ2) is 7.55. The number of nitrogens with zero attached hydrogens (tertiary/aromatic N) is 3. The monoisotopic (exact) mass is 278 g/mol. The molecule has 0 spiro atoms. The molecule has 0 unspecified atom stereocenters. The molecular formula is C15H26N4O. The van der Waals surface area contributed by atoms with E-state index in [0.29, 0.717) is 18.4 Å². The van der Waals surface area contributed by atoms with E-state index >= 15 is 0 Å². The summed E-state index contributed by atoms with van der Waals surface area (Å²) in [6.45, 7) is 7.72. The van der Waals surface area contributed by atoms with Gasteiger partial charge in [0.1, 0.15) is 6.61 Å². The lowest BCUT2D eigenvalue weighted by atomic mass is 10.2. The fourth-order valence-corrected chi connectivity index (χ4v) is 2.02. The zero-order chi connectivity index (χ0) is 14.4. The van der Waals surface area contributed by atoms with Gasteiger partial charge in [0.25, 0.3) is 0 Å². The van der Waals surface area contributed by atoms with E-state index in [1.54, 1.807) is 12.4 Å². The van der Waals surface area contributed by atoms with Crippen molar-refractivity contribution < 1.29 is 4.74 Å². The standard InChI is InChI=1S/C15H26N4O/c1-12(2)8-16-9-13-10-17-11-15(18-13)20-7-6-19(3)14-4-5-14/h10-12,14,16H,4-9H2,1-3H3. The Balaban J connectivity index is 1.70. The predicted octanol–water partition coefficient (Wildman–Crippen LogP) is 1.70. The molecule has 2 rings (SSSR count). The summed E-state index contributed by atoms with van der Waals surface area (Å²) in [4.78, 5) is 11.0. The second-order valence-corrected chi connectivity index (χ2v) is 5.93. The maximum atomic E-state index is 5.68. The molecule has 0 amide bonds. The van der Waals surface area contributed by atoms with E-state index in [1.807, 2.05) is 0 Å². The van der Waals surface area contributed by atoms with Crippen molar-refractivity contribution in [3.63, 3.8) is 0 Å². The van der Waals surface area contributed by atoms with Crippen molar-refractivity contribution in [2.75, 3.05) is 26.7 Å². The molecule has 1 aromatic rings. The highest BCUT2D eigenvalue weighted by molar-refractivity contribution is 5.08. The Bertz CT molecular complexity index is 407. The van der Waals surface area contributed by atoms with Gasteiger partial charge in [-0.1, -0.05) is 13.8 Å². The second-order valence-electron chi connectivity index (χ2n) is 5.93. The summed E-state index contributed by atoms with van der Waals surface area (Å²) in [6.07, 6.45) is 6.13. The van der Waals surface area contributed by atoms with Gasteiger partial charge in [-0.05, 0) is 32.4 Å². The van der Waals surface area contributed by atoms with Crippen LogP contribution in [0.25, 0.3) is 0 Å². The fourth-order valence-electron chi connectivity index (χ4n) is 2.02. The molecule has 0 bridgehead atoms. The molecule has 20 heavy (non-hydrogen) atoms. The largest absolute Gasteiger partial charge is 0.475 e. The summed E-state index contributed by atoms with van der Waals surface area (Å²) in [7, 11) is 2.15. The molecule has 5 nitrogen and oxygen atoms in total. The third-order valence-electron chi connectivity index (χ3n) is 3.39. The molecule has 5 heteroatoms. The van der Waals surface area contributed by atoms with E-state index in [0.717, 1.165) is 31.4 Å². The number of ether oxygens (including phenoxy) is 1. The van der Waals surface area contributed by atoms with Crippen LogP contribution >= 0.6 is 0 Å². The number of aromatic nitrogens is 2. The molecule has 1 aliphatic carbocycles. The third kappa shape index (κ3) is 5.43. The quantitative estimate of drug-likeness (QED) is 0.745. The van der Waals surface area contributed by atoms with Crippen LogP contribution in [0, 0.1) is 5.92 Å². The molecular weight excluding hydrogens is 252 g/mol. The van der Waals surface area contributed by atoms with E-state index in [1.165, 1.54) is 12.8 Å². The molecule has 0 aromatic carbocycles.